The molecule has 2 nitrogen and oxygen atoms in total. The summed E-state index contributed by atoms with van der Waals surface area (Å²) in [4.78, 5) is 14.7. The van der Waals surface area contributed by atoms with Crippen molar-refractivity contribution in [1.29, 1.82) is 0 Å². The summed E-state index contributed by atoms with van der Waals surface area (Å²) in [5.74, 6) is 6.33. The predicted octanol–water partition coefficient (Wildman–Crippen LogP) is 3.47. The number of carbonyl (C=O) groups excluding carboxylic acids is 1. The van der Waals surface area contributed by atoms with E-state index in [9.17, 15) is 4.79 Å². The molecule has 0 spiro atoms. The van der Waals surface area contributed by atoms with Crippen LogP contribution in [0.5, 0.6) is 0 Å². The first-order chi connectivity index (χ1) is 8.88. The maximum atomic E-state index is 11.9. The van der Waals surface area contributed by atoms with Gasteiger partial charge in [-0.05, 0) is 45.3 Å². The molecule has 0 amide bonds. The lowest BCUT2D eigenvalue weighted by Crippen LogP contribution is -2.25. The number of carbonyl (C=O) groups is 1. The number of Topliss-reactive ketones (excluding diaryl/α,β-unsaturated/α-hetero) is 1. The van der Waals surface area contributed by atoms with Crippen molar-refractivity contribution in [2.45, 2.75) is 20.8 Å². The Balaban J connectivity index is 2.35. The number of nitrogens with zero attached hydrogens (tertiary/aromatic N) is 1. The van der Waals surface area contributed by atoms with Crippen LogP contribution in [0.15, 0.2) is 29.7 Å². The first-order valence-corrected chi connectivity index (χ1v) is 7.19. The van der Waals surface area contributed by atoms with Crippen LogP contribution in [-0.2, 0) is 0 Å². The zero-order valence-corrected chi connectivity index (χ0v) is 12.9. The highest BCUT2D eigenvalue weighted by atomic mass is 32.1. The summed E-state index contributed by atoms with van der Waals surface area (Å²) in [6.45, 7) is 7.42. The fourth-order valence-electron chi connectivity index (χ4n) is 1.37. The molecule has 0 aromatic carbocycles. The highest BCUT2D eigenvalue weighted by Crippen LogP contribution is 2.10. The van der Waals surface area contributed by atoms with Gasteiger partial charge in [-0.1, -0.05) is 24.0 Å². The number of thiophene rings is 1. The lowest BCUT2D eigenvalue weighted by molar-refractivity contribution is 0.0956. The minimum Gasteiger partial charge on any atom is -0.295 e. The molecule has 0 atom stereocenters. The van der Waals surface area contributed by atoms with Gasteiger partial charge in [0.2, 0.25) is 0 Å². The third kappa shape index (κ3) is 6.95. The number of likely N-dealkylation sites (N-methyl/N-ethyl adjacent to an activating group) is 1. The first kappa shape index (κ1) is 15.7. The monoisotopic (exact) mass is 275 g/mol. The van der Waals surface area contributed by atoms with Gasteiger partial charge in [-0.25, -0.2) is 0 Å². The van der Waals surface area contributed by atoms with Gasteiger partial charge in [0.05, 0.1) is 11.4 Å². The van der Waals surface area contributed by atoms with E-state index in [0.717, 1.165) is 11.4 Å². The van der Waals surface area contributed by atoms with E-state index in [0.29, 0.717) is 6.54 Å². The molecule has 0 N–H and O–H groups in total. The van der Waals surface area contributed by atoms with E-state index in [1.165, 1.54) is 11.3 Å². The minimum atomic E-state index is 0.0331. The number of hydrogen-bond donors (Lipinski definition) is 0. The second-order valence-corrected chi connectivity index (χ2v) is 6.47. The number of rotatable bonds is 5. The Kier molecular flexibility index (Phi) is 6.01. The molecule has 1 aromatic heterocycles. The van der Waals surface area contributed by atoms with Gasteiger partial charge < -0.3 is 0 Å². The van der Waals surface area contributed by atoms with Gasteiger partial charge >= 0.3 is 0 Å². The molecule has 1 rings (SSSR count). The number of hydrogen-bond acceptors (Lipinski definition) is 3. The molecule has 3 heteroatoms. The topological polar surface area (TPSA) is 20.3 Å². The minimum absolute atomic E-state index is 0.0331. The summed E-state index contributed by atoms with van der Waals surface area (Å²) in [6, 6.07) is 3.77. The Labute approximate surface area is 120 Å². The Morgan fingerprint density at radius 1 is 1.47 bits per heavy atom. The van der Waals surface area contributed by atoms with Crippen molar-refractivity contribution >= 4 is 17.1 Å². The molecule has 19 heavy (non-hydrogen) atoms. The summed E-state index contributed by atoms with van der Waals surface area (Å²) in [5, 5.41) is 1.93. The molecule has 0 radical (unpaired) electrons. The Bertz CT molecular complexity index is 483. The van der Waals surface area contributed by atoms with Gasteiger partial charge in [0, 0.05) is 12.0 Å². The smallest absolute Gasteiger partial charge is 0.186 e. The lowest BCUT2D eigenvalue weighted by atomic mass is 9.98. The SMILES string of the molecule is CN(C/C=C/C#CC(C)(C)C)CC(=O)c1cccs1. The van der Waals surface area contributed by atoms with E-state index in [4.69, 9.17) is 0 Å². The molecule has 0 aliphatic heterocycles. The van der Waals surface area contributed by atoms with Crippen LogP contribution in [0.4, 0.5) is 0 Å². The van der Waals surface area contributed by atoms with Crippen molar-refractivity contribution in [2.75, 3.05) is 20.1 Å². The Morgan fingerprint density at radius 2 is 2.21 bits per heavy atom. The van der Waals surface area contributed by atoms with Gasteiger partial charge in [0.1, 0.15) is 0 Å². The van der Waals surface area contributed by atoms with Crippen LogP contribution in [0.2, 0.25) is 0 Å². The Morgan fingerprint density at radius 3 is 2.79 bits per heavy atom. The predicted molar refractivity (Wildman–Crippen MR) is 82.5 cm³/mol. The van der Waals surface area contributed by atoms with Crippen molar-refractivity contribution in [3.8, 4) is 11.8 Å². The maximum absolute atomic E-state index is 11.9. The maximum Gasteiger partial charge on any atom is 0.186 e. The molecule has 0 aliphatic rings. The van der Waals surface area contributed by atoms with E-state index < -0.39 is 0 Å². The van der Waals surface area contributed by atoms with Gasteiger partial charge in [0.25, 0.3) is 0 Å². The number of ketones is 1. The fraction of sp³-hybridized carbons (Fsp3) is 0.438. The van der Waals surface area contributed by atoms with E-state index >= 15 is 0 Å². The van der Waals surface area contributed by atoms with Gasteiger partial charge in [-0.3, -0.25) is 9.69 Å². The van der Waals surface area contributed by atoms with Crippen LogP contribution in [0, 0.1) is 17.3 Å². The van der Waals surface area contributed by atoms with Crippen LogP contribution in [0.3, 0.4) is 0 Å². The van der Waals surface area contributed by atoms with Crippen molar-refractivity contribution in [1.82, 2.24) is 4.90 Å². The Hall–Kier alpha value is -1.37. The first-order valence-electron chi connectivity index (χ1n) is 6.31. The second-order valence-electron chi connectivity index (χ2n) is 5.52. The lowest BCUT2D eigenvalue weighted by Gasteiger charge is -2.12. The van der Waals surface area contributed by atoms with Gasteiger partial charge in [0.15, 0.2) is 5.78 Å². The van der Waals surface area contributed by atoms with Crippen molar-refractivity contribution in [3.63, 3.8) is 0 Å². The van der Waals surface area contributed by atoms with E-state index in [-0.39, 0.29) is 11.2 Å². The van der Waals surface area contributed by atoms with Crippen LogP contribution in [0.1, 0.15) is 30.4 Å². The van der Waals surface area contributed by atoms with Crippen LogP contribution in [0.25, 0.3) is 0 Å². The average Bonchev–Trinajstić information content (AvgIpc) is 2.80. The summed E-state index contributed by atoms with van der Waals surface area (Å²) in [5.41, 5.74) is 0.0331. The third-order valence-corrected chi connectivity index (χ3v) is 3.19. The molecule has 0 saturated carbocycles. The standard InChI is InChI=1S/C16H21NOS/c1-16(2,3)10-6-5-7-11-17(4)13-14(18)15-9-8-12-19-15/h5,7-9,12H,11,13H2,1-4H3/b7-5+. The molecular weight excluding hydrogens is 254 g/mol. The van der Waals surface area contributed by atoms with Crippen molar-refractivity contribution in [2.24, 2.45) is 5.41 Å². The molecule has 102 valence electrons. The second kappa shape index (κ2) is 7.28. The normalized spacial score (nSPS) is 11.6. The largest absolute Gasteiger partial charge is 0.295 e. The molecule has 0 fully saturated rings. The van der Waals surface area contributed by atoms with Crippen LogP contribution in [-0.4, -0.2) is 30.8 Å². The zero-order valence-electron chi connectivity index (χ0n) is 12.1. The average molecular weight is 275 g/mol. The van der Waals surface area contributed by atoms with E-state index in [1.54, 1.807) is 0 Å². The van der Waals surface area contributed by atoms with E-state index in [2.05, 4.69) is 32.6 Å². The molecule has 1 heterocycles. The third-order valence-electron chi connectivity index (χ3n) is 2.27. The van der Waals surface area contributed by atoms with Gasteiger partial charge in [-0.15, -0.1) is 11.3 Å². The molecule has 1 aromatic rings. The van der Waals surface area contributed by atoms with E-state index in [1.807, 2.05) is 41.6 Å². The highest BCUT2D eigenvalue weighted by molar-refractivity contribution is 7.12. The molecule has 0 aliphatic carbocycles. The molecule has 0 bridgehead atoms. The van der Waals surface area contributed by atoms with Gasteiger partial charge in [-0.2, -0.15) is 0 Å². The van der Waals surface area contributed by atoms with Crippen LogP contribution >= 0.6 is 11.3 Å². The summed E-state index contributed by atoms with van der Waals surface area (Å²) in [7, 11) is 1.94. The molecular formula is C16H21NOS. The van der Waals surface area contributed by atoms with Crippen LogP contribution < -0.4 is 0 Å². The number of allylic oxidation sites excluding steroid dienone is 1. The summed E-state index contributed by atoms with van der Waals surface area (Å²) < 4.78 is 0. The van der Waals surface area contributed by atoms with Crippen molar-refractivity contribution < 1.29 is 4.79 Å². The molecule has 0 saturated heterocycles. The zero-order chi connectivity index (χ0) is 14.3. The molecule has 0 unspecified atom stereocenters. The summed E-state index contributed by atoms with van der Waals surface area (Å²) >= 11 is 1.49. The quantitative estimate of drug-likeness (QED) is 0.606. The van der Waals surface area contributed by atoms with Crippen molar-refractivity contribution in [3.05, 3.63) is 34.5 Å². The summed E-state index contributed by atoms with van der Waals surface area (Å²) in [6.07, 6.45) is 3.85. The highest BCUT2D eigenvalue weighted by Gasteiger charge is 2.08. The fourth-order valence-corrected chi connectivity index (χ4v) is 2.03.